The van der Waals surface area contributed by atoms with E-state index in [-0.39, 0.29) is 11.7 Å². The normalized spacial score (nSPS) is 18.7. The van der Waals surface area contributed by atoms with E-state index >= 15 is 0 Å². The molecule has 4 heterocycles. The molecule has 10 nitrogen and oxygen atoms in total. The number of benzene rings is 1. The van der Waals surface area contributed by atoms with Crippen molar-refractivity contribution < 1.29 is 14.3 Å². The second-order valence-electron chi connectivity index (χ2n) is 10.3. The van der Waals surface area contributed by atoms with Crippen molar-refractivity contribution >= 4 is 39.7 Å². The molecule has 1 aromatic carbocycles. The standard InChI is InChI=1S/C30H31N7O3S/c1-18(25-14-23(7-10-33-25)40-22-5-8-32-9-6-22)39-28-13-21(12-24(29(28)41)30(31)38)37-17-34-26-11-19(3-4-27(26)37)20-15-35-36(2)16-20/h3-4,7,10-18,22,28,32H,5-6,8-9H2,1-2H3,(H2,31,38). The fraction of sp³-hybridized carbons (Fsp3) is 0.300. The molecule has 1 aliphatic heterocycles. The Bertz CT molecular complexity index is 1680. The number of imidazole rings is 1. The first-order valence-electron chi connectivity index (χ1n) is 13.6. The van der Waals surface area contributed by atoms with E-state index in [0.717, 1.165) is 53.8 Å². The van der Waals surface area contributed by atoms with Gasteiger partial charge in [0.1, 0.15) is 24.3 Å². The van der Waals surface area contributed by atoms with Gasteiger partial charge in [0.25, 0.3) is 0 Å². The molecule has 0 spiro atoms. The first-order chi connectivity index (χ1) is 19.9. The number of hydrogen-bond donors (Lipinski definition) is 2. The van der Waals surface area contributed by atoms with E-state index in [9.17, 15) is 4.79 Å². The van der Waals surface area contributed by atoms with Crippen LogP contribution in [0.1, 0.15) is 31.6 Å². The first-order valence-corrected chi connectivity index (χ1v) is 14.0. The molecule has 3 aromatic heterocycles. The fourth-order valence-corrected chi connectivity index (χ4v) is 5.46. The molecule has 210 valence electrons. The van der Waals surface area contributed by atoms with Crippen LogP contribution in [-0.2, 0) is 16.6 Å². The summed E-state index contributed by atoms with van der Waals surface area (Å²) in [6.45, 7) is 3.80. The van der Waals surface area contributed by atoms with Gasteiger partial charge in [0, 0.05) is 36.8 Å². The van der Waals surface area contributed by atoms with E-state index in [1.807, 2.05) is 67.3 Å². The number of hydrogen-bond acceptors (Lipinski definition) is 8. The molecule has 0 saturated carbocycles. The third-order valence-electron chi connectivity index (χ3n) is 7.38. The largest absolute Gasteiger partial charge is 0.490 e. The van der Waals surface area contributed by atoms with Gasteiger partial charge in [0.05, 0.1) is 39.5 Å². The zero-order valence-corrected chi connectivity index (χ0v) is 23.7. The Morgan fingerprint density at radius 1 is 1.17 bits per heavy atom. The maximum absolute atomic E-state index is 12.4. The van der Waals surface area contributed by atoms with E-state index in [1.54, 1.807) is 23.3 Å². The molecule has 0 radical (unpaired) electrons. The third-order valence-corrected chi connectivity index (χ3v) is 7.83. The van der Waals surface area contributed by atoms with E-state index in [0.29, 0.717) is 16.3 Å². The predicted octanol–water partition coefficient (Wildman–Crippen LogP) is 3.75. The number of primary amides is 1. The van der Waals surface area contributed by atoms with Crippen LogP contribution in [0.3, 0.4) is 0 Å². The summed E-state index contributed by atoms with van der Waals surface area (Å²) in [5, 5.41) is 7.61. The monoisotopic (exact) mass is 569 g/mol. The van der Waals surface area contributed by atoms with E-state index in [1.165, 1.54) is 0 Å². The van der Waals surface area contributed by atoms with Crippen LogP contribution < -0.4 is 15.8 Å². The van der Waals surface area contributed by atoms with Gasteiger partial charge in [-0.05, 0) is 68.8 Å². The number of carbonyl (C=O) groups is 1. The molecule has 1 amide bonds. The van der Waals surface area contributed by atoms with Gasteiger partial charge >= 0.3 is 0 Å². The predicted molar refractivity (Wildman–Crippen MR) is 160 cm³/mol. The van der Waals surface area contributed by atoms with Crippen molar-refractivity contribution in [3.05, 3.63) is 78.7 Å². The Kier molecular flexibility index (Phi) is 7.48. The number of piperidine rings is 1. The Labute approximate surface area is 242 Å². The molecule has 4 aromatic rings. The van der Waals surface area contributed by atoms with Gasteiger partial charge in [-0.3, -0.25) is 19.0 Å². The Morgan fingerprint density at radius 3 is 2.76 bits per heavy atom. The maximum Gasteiger partial charge on any atom is 0.250 e. The van der Waals surface area contributed by atoms with Crippen molar-refractivity contribution in [1.29, 1.82) is 0 Å². The molecule has 6 rings (SSSR count). The minimum absolute atomic E-state index is 0.174. The number of thiocarbonyl (C=S) groups is 1. The molecule has 2 atom stereocenters. The van der Waals surface area contributed by atoms with Crippen LogP contribution in [0.4, 0.5) is 0 Å². The summed E-state index contributed by atoms with van der Waals surface area (Å²) < 4.78 is 16.3. The highest BCUT2D eigenvalue weighted by molar-refractivity contribution is 7.81. The minimum Gasteiger partial charge on any atom is -0.490 e. The number of fused-ring (bicyclic) bond motifs is 1. The zero-order chi connectivity index (χ0) is 28.5. The van der Waals surface area contributed by atoms with Crippen molar-refractivity contribution in [2.75, 3.05) is 13.1 Å². The lowest BCUT2D eigenvalue weighted by Gasteiger charge is -2.26. The number of nitrogens with two attached hydrogens (primary N) is 1. The third kappa shape index (κ3) is 5.69. The number of pyridine rings is 1. The van der Waals surface area contributed by atoms with Crippen molar-refractivity contribution in [3.8, 4) is 16.9 Å². The number of nitrogens with one attached hydrogen (secondary N) is 1. The number of nitrogens with zero attached hydrogens (tertiary/aromatic N) is 5. The number of carbonyl (C=O) groups excluding carboxylic acids is 1. The fourth-order valence-electron chi connectivity index (χ4n) is 5.18. The van der Waals surface area contributed by atoms with Crippen LogP contribution in [0, 0.1) is 0 Å². The summed E-state index contributed by atoms with van der Waals surface area (Å²) in [7, 11) is 1.88. The molecule has 41 heavy (non-hydrogen) atoms. The van der Waals surface area contributed by atoms with Crippen LogP contribution in [0.5, 0.6) is 5.75 Å². The Morgan fingerprint density at radius 2 is 2.00 bits per heavy atom. The van der Waals surface area contributed by atoms with Crippen molar-refractivity contribution in [3.63, 3.8) is 0 Å². The molecule has 3 N–H and O–H groups in total. The average molecular weight is 570 g/mol. The second-order valence-corrected chi connectivity index (χ2v) is 10.7. The number of allylic oxidation sites excluding steroid dienone is 2. The number of aryl methyl sites for hydroxylation is 1. The summed E-state index contributed by atoms with van der Waals surface area (Å²) in [5.74, 6) is 0.147. The molecular weight excluding hydrogens is 538 g/mol. The molecule has 1 aliphatic carbocycles. The smallest absolute Gasteiger partial charge is 0.250 e. The zero-order valence-electron chi connectivity index (χ0n) is 22.9. The number of amides is 1. The van der Waals surface area contributed by atoms with Gasteiger partial charge in [-0.1, -0.05) is 18.3 Å². The highest BCUT2D eigenvalue weighted by atomic mass is 32.1. The number of ether oxygens (including phenoxy) is 2. The number of aromatic nitrogens is 5. The molecular formula is C30H31N7O3S. The molecule has 2 aliphatic rings. The summed E-state index contributed by atoms with van der Waals surface area (Å²) in [5.41, 5.74) is 11.1. The van der Waals surface area contributed by atoms with Crippen LogP contribution in [0.2, 0.25) is 0 Å². The minimum atomic E-state index is -0.676. The number of rotatable bonds is 8. The molecule has 0 bridgehead atoms. The average Bonchev–Trinajstić information content (AvgIpc) is 3.60. The lowest BCUT2D eigenvalue weighted by Crippen LogP contribution is -2.34. The van der Waals surface area contributed by atoms with Gasteiger partial charge in [-0.2, -0.15) is 5.10 Å². The highest BCUT2D eigenvalue weighted by Gasteiger charge is 2.28. The molecule has 11 heteroatoms. The van der Waals surface area contributed by atoms with Crippen LogP contribution in [0.15, 0.2) is 73.0 Å². The molecule has 1 saturated heterocycles. The Hall–Kier alpha value is -4.19. The lowest BCUT2D eigenvalue weighted by atomic mass is 9.99. The van der Waals surface area contributed by atoms with Crippen molar-refractivity contribution in [2.45, 2.75) is 38.1 Å². The lowest BCUT2D eigenvalue weighted by molar-refractivity contribution is -0.114. The first kappa shape index (κ1) is 27.0. The van der Waals surface area contributed by atoms with E-state index in [2.05, 4.69) is 20.4 Å². The van der Waals surface area contributed by atoms with Gasteiger partial charge in [0.15, 0.2) is 0 Å². The quantitative estimate of drug-likeness (QED) is 0.308. The van der Waals surface area contributed by atoms with Crippen molar-refractivity contribution in [1.82, 2.24) is 29.6 Å². The highest BCUT2D eigenvalue weighted by Crippen LogP contribution is 2.31. The summed E-state index contributed by atoms with van der Waals surface area (Å²) >= 11 is 5.66. The van der Waals surface area contributed by atoms with Crippen LogP contribution in [0.25, 0.3) is 27.9 Å². The van der Waals surface area contributed by atoms with Crippen LogP contribution in [-0.4, -0.2) is 60.4 Å². The topological polar surface area (TPSA) is 122 Å². The summed E-state index contributed by atoms with van der Waals surface area (Å²) in [6.07, 6.45) is 11.8. The summed E-state index contributed by atoms with van der Waals surface area (Å²) in [4.78, 5) is 21.9. The van der Waals surface area contributed by atoms with Crippen molar-refractivity contribution in [2.24, 2.45) is 12.8 Å². The van der Waals surface area contributed by atoms with E-state index < -0.39 is 18.1 Å². The molecule has 1 fully saturated rings. The summed E-state index contributed by atoms with van der Waals surface area (Å²) in [6, 6.07) is 9.78. The maximum atomic E-state index is 12.4. The Balaban J connectivity index is 1.26. The van der Waals surface area contributed by atoms with Gasteiger partial charge in [0.2, 0.25) is 5.91 Å². The second kappa shape index (κ2) is 11.4. The SMILES string of the molecule is CC(OC1C=C(n2cnc3cc(-c4cnn(C)c4)ccc32)C=C(C(N)=O)C1=S)c1cc(OC2CCNCC2)ccn1. The van der Waals surface area contributed by atoms with E-state index in [4.69, 9.17) is 27.4 Å². The molecule has 2 unspecified atom stereocenters. The van der Waals surface area contributed by atoms with Gasteiger partial charge < -0.3 is 20.5 Å². The van der Waals surface area contributed by atoms with Gasteiger partial charge in [-0.25, -0.2) is 4.98 Å². The van der Waals surface area contributed by atoms with Gasteiger partial charge in [-0.15, -0.1) is 0 Å². The van der Waals surface area contributed by atoms with Crippen LogP contribution >= 0.6 is 12.2 Å².